The molecule has 9 heteroatoms. The summed E-state index contributed by atoms with van der Waals surface area (Å²) in [6, 6.07) is 9.42. The van der Waals surface area contributed by atoms with E-state index in [1.54, 1.807) is 6.20 Å². The predicted octanol–water partition coefficient (Wildman–Crippen LogP) is 4.79. The summed E-state index contributed by atoms with van der Waals surface area (Å²) in [7, 11) is 1.30. The molecule has 2 amide bonds. The fraction of sp³-hybridized carbons (Fsp3) is 0.360. The number of carbonyl (C=O) groups is 2. The molecule has 8 nitrogen and oxygen atoms in total. The van der Waals surface area contributed by atoms with Crippen LogP contribution in [0.3, 0.4) is 0 Å². The number of imidazole rings is 1. The van der Waals surface area contributed by atoms with Crippen molar-refractivity contribution >= 4 is 34.6 Å². The molecule has 0 aliphatic carbocycles. The summed E-state index contributed by atoms with van der Waals surface area (Å²) < 4.78 is 5.85. The van der Waals surface area contributed by atoms with Crippen LogP contribution in [0.5, 0.6) is 0 Å². The Kier molecular flexibility index (Phi) is 7.50. The van der Waals surface area contributed by atoms with Crippen LogP contribution in [0, 0.1) is 9.49 Å². The van der Waals surface area contributed by atoms with E-state index >= 15 is 0 Å². The van der Waals surface area contributed by atoms with Gasteiger partial charge in [-0.3, -0.25) is 9.78 Å². The fourth-order valence-electron chi connectivity index (χ4n) is 4.28. The van der Waals surface area contributed by atoms with Gasteiger partial charge < -0.3 is 19.9 Å². The molecule has 0 unspecified atom stereocenters. The maximum atomic E-state index is 13.3. The van der Waals surface area contributed by atoms with Crippen molar-refractivity contribution < 1.29 is 14.3 Å². The second kappa shape index (κ2) is 10.5. The molecule has 0 saturated carbocycles. The van der Waals surface area contributed by atoms with Crippen molar-refractivity contribution in [2.45, 2.75) is 38.8 Å². The van der Waals surface area contributed by atoms with Gasteiger partial charge >= 0.3 is 6.09 Å². The third-order valence-corrected chi connectivity index (χ3v) is 7.03. The number of nitrogens with one attached hydrogen (secondary N) is 2. The average Bonchev–Trinajstić information content (AvgIpc) is 3.52. The van der Waals surface area contributed by atoms with Gasteiger partial charge in [0.1, 0.15) is 11.9 Å². The van der Waals surface area contributed by atoms with E-state index in [4.69, 9.17) is 4.74 Å². The number of rotatable bonds is 6. The number of aromatic amines is 1. The number of hydrogen-bond acceptors (Lipinski definition) is 5. The number of hydrogen-bond donors (Lipinski definition) is 2. The number of pyridine rings is 1. The highest BCUT2D eigenvalue weighted by Crippen LogP contribution is 2.34. The average molecular weight is 573 g/mol. The molecule has 2 aromatic heterocycles. The van der Waals surface area contributed by atoms with E-state index in [2.05, 4.69) is 61.1 Å². The monoisotopic (exact) mass is 573 g/mol. The number of H-pyrrole nitrogens is 1. The summed E-state index contributed by atoms with van der Waals surface area (Å²) in [5, 5.41) is 2.68. The molecule has 1 aliphatic rings. The molecule has 2 N–H and O–H groups in total. The molecule has 0 radical (unpaired) electrons. The number of carbonyl (C=O) groups excluding carboxylic acids is 2. The molecule has 1 fully saturated rings. The Hall–Kier alpha value is -2.95. The van der Waals surface area contributed by atoms with Crippen molar-refractivity contribution in [2.75, 3.05) is 13.7 Å². The molecule has 0 spiro atoms. The number of alkyl carbamates (subject to hydrolysis) is 1. The number of halogens is 1. The van der Waals surface area contributed by atoms with E-state index in [1.807, 2.05) is 43.3 Å². The number of ether oxygens (including phenoxy) is 1. The predicted molar refractivity (Wildman–Crippen MR) is 138 cm³/mol. The topological polar surface area (TPSA) is 100 Å². The normalized spacial score (nSPS) is 16.5. The first kappa shape index (κ1) is 24.2. The Morgan fingerprint density at radius 2 is 2.06 bits per heavy atom. The smallest absolute Gasteiger partial charge is 0.407 e. The lowest BCUT2D eigenvalue weighted by atomic mass is 10.0. The highest BCUT2D eigenvalue weighted by Gasteiger charge is 2.37. The van der Waals surface area contributed by atoms with Crippen LogP contribution < -0.4 is 5.32 Å². The quantitative estimate of drug-likeness (QED) is 0.414. The van der Waals surface area contributed by atoms with Crippen molar-refractivity contribution in [1.29, 1.82) is 0 Å². The lowest BCUT2D eigenvalue weighted by Crippen LogP contribution is -2.51. The zero-order valence-corrected chi connectivity index (χ0v) is 21.6. The number of methoxy groups -OCH3 is 1. The van der Waals surface area contributed by atoms with Crippen molar-refractivity contribution in [3.05, 3.63) is 58.3 Å². The number of amides is 2. The number of benzene rings is 1. The van der Waals surface area contributed by atoms with Crippen molar-refractivity contribution in [3.63, 3.8) is 0 Å². The molecule has 1 aliphatic heterocycles. The molecule has 4 rings (SSSR count). The van der Waals surface area contributed by atoms with Gasteiger partial charge in [-0.15, -0.1) is 0 Å². The summed E-state index contributed by atoms with van der Waals surface area (Å²) >= 11 is 2.33. The van der Waals surface area contributed by atoms with E-state index in [1.165, 1.54) is 7.11 Å². The summed E-state index contributed by atoms with van der Waals surface area (Å²) in [6.45, 7) is 4.44. The summed E-state index contributed by atoms with van der Waals surface area (Å²) in [5.41, 5.74) is 4.07. The maximum Gasteiger partial charge on any atom is 0.407 e. The SMILES string of the molecule is COC(=O)N[C@H](C(=O)N1CCC[C@H]1c1ncc(-c2ccc(I)c(-c3cccnc3)c2)[nH]1)C(C)C. The van der Waals surface area contributed by atoms with Gasteiger partial charge in [0.15, 0.2) is 0 Å². The third-order valence-electron chi connectivity index (χ3n) is 6.09. The first-order chi connectivity index (χ1) is 16.4. The molecule has 1 saturated heterocycles. The van der Waals surface area contributed by atoms with E-state index in [9.17, 15) is 9.59 Å². The summed E-state index contributed by atoms with van der Waals surface area (Å²) in [5.74, 6) is 0.564. The van der Waals surface area contributed by atoms with E-state index in [-0.39, 0.29) is 17.9 Å². The highest BCUT2D eigenvalue weighted by molar-refractivity contribution is 14.1. The second-order valence-corrected chi connectivity index (χ2v) is 9.83. The maximum absolute atomic E-state index is 13.3. The summed E-state index contributed by atoms with van der Waals surface area (Å²) in [4.78, 5) is 39.3. The van der Waals surface area contributed by atoms with Crippen LogP contribution in [0.2, 0.25) is 0 Å². The highest BCUT2D eigenvalue weighted by atomic mass is 127. The lowest BCUT2D eigenvalue weighted by molar-refractivity contribution is -0.135. The van der Waals surface area contributed by atoms with Crippen molar-refractivity contribution in [1.82, 2.24) is 25.2 Å². The van der Waals surface area contributed by atoms with Crippen LogP contribution in [0.1, 0.15) is 38.6 Å². The molecule has 3 aromatic rings. The first-order valence-corrected chi connectivity index (χ1v) is 12.4. The Balaban J connectivity index is 1.58. The first-order valence-electron chi connectivity index (χ1n) is 11.3. The van der Waals surface area contributed by atoms with Gasteiger partial charge in [-0.05, 0) is 65.1 Å². The Morgan fingerprint density at radius 1 is 1.24 bits per heavy atom. The molecule has 3 heterocycles. The Bertz CT molecular complexity index is 1160. The van der Waals surface area contributed by atoms with Gasteiger partial charge in [0.25, 0.3) is 0 Å². The van der Waals surface area contributed by atoms with Crippen molar-refractivity contribution in [3.8, 4) is 22.4 Å². The molecule has 34 heavy (non-hydrogen) atoms. The van der Waals surface area contributed by atoms with E-state index in [0.29, 0.717) is 6.54 Å². The second-order valence-electron chi connectivity index (χ2n) is 8.67. The van der Waals surface area contributed by atoms with Crippen molar-refractivity contribution in [2.24, 2.45) is 5.92 Å². The van der Waals surface area contributed by atoms with Crippen LogP contribution >= 0.6 is 22.6 Å². The third kappa shape index (κ3) is 5.08. The molecule has 0 bridgehead atoms. The van der Waals surface area contributed by atoms with Gasteiger partial charge in [-0.25, -0.2) is 9.78 Å². The van der Waals surface area contributed by atoms with Gasteiger partial charge in [0, 0.05) is 33.6 Å². The standard InChI is InChI=1S/C25H28IN5O3/c1-15(2)22(30-25(33)34-3)24(32)31-11-5-7-21(31)23-28-14-20(29-23)16-8-9-19(26)18(12-16)17-6-4-10-27-13-17/h4,6,8-10,12-15,21-22H,5,7,11H2,1-3H3,(H,28,29)(H,30,33)/t21-,22-/m0/s1. The van der Waals surface area contributed by atoms with Crippen LogP contribution in [0.4, 0.5) is 4.79 Å². The van der Waals surface area contributed by atoms with E-state index < -0.39 is 12.1 Å². The number of nitrogens with zero attached hydrogens (tertiary/aromatic N) is 3. The molecule has 2 atom stereocenters. The van der Waals surface area contributed by atoms with Gasteiger partial charge in [0.2, 0.25) is 5.91 Å². The molecule has 1 aromatic carbocycles. The van der Waals surface area contributed by atoms with Crippen LogP contribution in [-0.4, -0.2) is 51.5 Å². The Morgan fingerprint density at radius 3 is 2.76 bits per heavy atom. The van der Waals surface area contributed by atoms with Gasteiger partial charge in [0.05, 0.1) is 25.0 Å². The largest absolute Gasteiger partial charge is 0.453 e. The van der Waals surface area contributed by atoms with Crippen LogP contribution in [0.15, 0.2) is 48.9 Å². The van der Waals surface area contributed by atoms with Gasteiger partial charge in [-0.1, -0.05) is 26.0 Å². The minimum absolute atomic E-state index is 0.0716. The zero-order chi connectivity index (χ0) is 24.2. The Labute approximate surface area is 212 Å². The minimum atomic E-state index is -0.652. The minimum Gasteiger partial charge on any atom is -0.453 e. The number of likely N-dealkylation sites (tertiary alicyclic amines) is 1. The van der Waals surface area contributed by atoms with Crippen LogP contribution in [0.25, 0.3) is 22.4 Å². The fourth-order valence-corrected chi connectivity index (χ4v) is 4.93. The summed E-state index contributed by atoms with van der Waals surface area (Å²) in [6.07, 6.45) is 6.53. The van der Waals surface area contributed by atoms with Crippen LogP contribution in [-0.2, 0) is 9.53 Å². The zero-order valence-electron chi connectivity index (χ0n) is 19.4. The number of aromatic nitrogens is 3. The van der Waals surface area contributed by atoms with Gasteiger partial charge in [-0.2, -0.15) is 0 Å². The van der Waals surface area contributed by atoms with E-state index in [0.717, 1.165) is 44.6 Å². The molecular formula is C25H28IN5O3. The molecular weight excluding hydrogens is 545 g/mol. The molecule has 178 valence electrons. The lowest BCUT2D eigenvalue weighted by Gasteiger charge is -2.30.